The van der Waals surface area contributed by atoms with E-state index >= 15 is 0 Å². The van der Waals surface area contributed by atoms with Gasteiger partial charge in [-0.25, -0.2) is 0 Å². The van der Waals surface area contributed by atoms with Gasteiger partial charge < -0.3 is 14.0 Å². The predicted octanol–water partition coefficient (Wildman–Crippen LogP) is 0.745. The maximum absolute atomic E-state index is 9.27. The minimum atomic E-state index is -3.22. The van der Waals surface area contributed by atoms with Crippen LogP contribution in [0.3, 0.4) is 0 Å². The molecule has 0 spiro atoms. The highest BCUT2D eigenvalue weighted by Crippen LogP contribution is 2.25. The minimum absolute atomic E-state index is 0.0606. The van der Waals surface area contributed by atoms with Gasteiger partial charge in [0.1, 0.15) is 0 Å². The van der Waals surface area contributed by atoms with Crippen molar-refractivity contribution in [2.24, 2.45) is 5.92 Å². The van der Waals surface area contributed by atoms with Crippen LogP contribution in [0.15, 0.2) is 0 Å². The van der Waals surface area contributed by atoms with Gasteiger partial charge in [0.2, 0.25) is 0 Å². The summed E-state index contributed by atoms with van der Waals surface area (Å²) >= 11 is 0. The van der Waals surface area contributed by atoms with Crippen LogP contribution in [0.2, 0.25) is 6.04 Å². The summed E-state index contributed by atoms with van der Waals surface area (Å²) in [6, 6.07) is 0.468. The Labute approximate surface area is 68.4 Å². The average Bonchev–Trinajstić information content (AvgIpc) is 1.85. The highest BCUT2D eigenvalue weighted by molar-refractivity contribution is 6.57. The Hall–Kier alpha value is 0.0969. The van der Waals surface area contributed by atoms with E-state index in [-0.39, 0.29) is 6.10 Å². The third-order valence-electron chi connectivity index (χ3n) is 2.07. The normalized spacial score (nSPS) is 30.8. The Balaban J connectivity index is 2.46. The van der Waals surface area contributed by atoms with Gasteiger partial charge in [0, 0.05) is 6.04 Å². The summed E-state index contributed by atoms with van der Waals surface area (Å²) < 4.78 is 5.19. The SMILES string of the molecule is CC(C)C1CCC[Si](O)(O)O1. The largest absolute Gasteiger partial charge is 0.495 e. The molecule has 1 fully saturated rings. The first-order chi connectivity index (χ1) is 5.01. The molecule has 66 valence electrons. The highest BCUT2D eigenvalue weighted by Gasteiger charge is 2.39. The Morgan fingerprint density at radius 3 is 2.45 bits per heavy atom. The van der Waals surface area contributed by atoms with Crippen molar-refractivity contribution in [3.63, 3.8) is 0 Å². The Morgan fingerprint density at radius 1 is 1.45 bits per heavy atom. The molecule has 0 aliphatic carbocycles. The topological polar surface area (TPSA) is 49.7 Å². The Kier molecular flexibility index (Phi) is 2.69. The van der Waals surface area contributed by atoms with E-state index in [9.17, 15) is 9.59 Å². The van der Waals surface area contributed by atoms with Crippen molar-refractivity contribution in [1.29, 1.82) is 0 Å². The molecule has 4 heteroatoms. The molecule has 0 radical (unpaired) electrons. The Bertz CT molecular complexity index is 136. The zero-order valence-corrected chi connectivity index (χ0v) is 8.08. The quantitative estimate of drug-likeness (QED) is 0.579. The number of rotatable bonds is 1. The molecule has 0 aromatic carbocycles. The van der Waals surface area contributed by atoms with E-state index in [1.165, 1.54) is 0 Å². The molecule has 1 heterocycles. The lowest BCUT2D eigenvalue weighted by molar-refractivity contribution is 0.0361. The van der Waals surface area contributed by atoms with Crippen molar-refractivity contribution in [3.8, 4) is 0 Å². The summed E-state index contributed by atoms with van der Waals surface area (Å²) in [6.45, 7) is 4.08. The van der Waals surface area contributed by atoms with E-state index in [1.807, 2.05) is 13.8 Å². The van der Waals surface area contributed by atoms with Crippen LogP contribution in [-0.4, -0.2) is 24.5 Å². The van der Waals surface area contributed by atoms with E-state index in [2.05, 4.69) is 0 Å². The molecule has 0 saturated carbocycles. The zero-order chi connectivity index (χ0) is 8.48. The molecule has 11 heavy (non-hydrogen) atoms. The lowest BCUT2D eigenvalue weighted by Gasteiger charge is -2.32. The monoisotopic (exact) mass is 176 g/mol. The molecule has 1 aliphatic rings. The molecule has 3 nitrogen and oxygen atoms in total. The fraction of sp³-hybridized carbons (Fsp3) is 1.00. The third kappa shape index (κ3) is 2.55. The van der Waals surface area contributed by atoms with Crippen LogP contribution in [0.1, 0.15) is 26.7 Å². The molecular formula is C7H16O3Si. The standard InChI is InChI=1S/C7H16O3Si/c1-6(2)7-4-3-5-11(8,9)10-7/h6-9H,3-5H2,1-2H3. The highest BCUT2D eigenvalue weighted by atomic mass is 28.4. The van der Waals surface area contributed by atoms with E-state index in [4.69, 9.17) is 4.43 Å². The first-order valence-electron chi connectivity index (χ1n) is 4.14. The van der Waals surface area contributed by atoms with E-state index in [1.54, 1.807) is 0 Å². The Morgan fingerprint density at radius 2 is 2.09 bits per heavy atom. The van der Waals surface area contributed by atoms with E-state index in [0.29, 0.717) is 12.0 Å². The van der Waals surface area contributed by atoms with Gasteiger partial charge >= 0.3 is 8.80 Å². The maximum atomic E-state index is 9.27. The minimum Gasteiger partial charge on any atom is -0.390 e. The molecule has 1 atom stereocenters. The van der Waals surface area contributed by atoms with Crippen LogP contribution < -0.4 is 0 Å². The van der Waals surface area contributed by atoms with Gasteiger partial charge in [-0.2, -0.15) is 0 Å². The van der Waals surface area contributed by atoms with Gasteiger partial charge in [0.05, 0.1) is 6.10 Å². The van der Waals surface area contributed by atoms with Crippen LogP contribution >= 0.6 is 0 Å². The second-order valence-corrected chi connectivity index (χ2v) is 5.76. The summed E-state index contributed by atoms with van der Waals surface area (Å²) in [4.78, 5) is 18.5. The fourth-order valence-electron chi connectivity index (χ4n) is 1.36. The predicted molar refractivity (Wildman–Crippen MR) is 43.9 cm³/mol. The molecular weight excluding hydrogens is 160 g/mol. The molecule has 1 saturated heterocycles. The molecule has 1 aliphatic heterocycles. The molecule has 0 bridgehead atoms. The summed E-state index contributed by atoms with van der Waals surface area (Å²) in [6.07, 6.45) is 1.92. The lowest BCUT2D eigenvalue weighted by Crippen LogP contribution is -2.47. The fourth-order valence-corrected chi connectivity index (χ4v) is 3.02. The van der Waals surface area contributed by atoms with Gasteiger partial charge in [-0.15, -0.1) is 0 Å². The first-order valence-corrected chi connectivity index (χ1v) is 6.15. The second kappa shape index (κ2) is 3.22. The van der Waals surface area contributed by atoms with Gasteiger partial charge in [-0.1, -0.05) is 13.8 Å². The van der Waals surface area contributed by atoms with Gasteiger partial charge in [0.25, 0.3) is 0 Å². The first kappa shape index (κ1) is 9.19. The van der Waals surface area contributed by atoms with Gasteiger partial charge in [0.15, 0.2) is 0 Å². The summed E-state index contributed by atoms with van der Waals surface area (Å²) in [7, 11) is -3.22. The molecule has 0 aromatic heterocycles. The zero-order valence-electron chi connectivity index (χ0n) is 7.08. The molecule has 2 N–H and O–H groups in total. The van der Waals surface area contributed by atoms with Crippen molar-refractivity contribution in [1.82, 2.24) is 0 Å². The van der Waals surface area contributed by atoms with E-state index < -0.39 is 8.80 Å². The van der Waals surface area contributed by atoms with Crippen LogP contribution in [0, 0.1) is 5.92 Å². The molecule has 0 aromatic rings. The summed E-state index contributed by atoms with van der Waals surface area (Å²) in [5.41, 5.74) is 0. The molecule has 0 amide bonds. The second-order valence-electron chi connectivity index (χ2n) is 3.54. The third-order valence-corrected chi connectivity index (χ3v) is 3.76. The van der Waals surface area contributed by atoms with Crippen molar-refractivity contribution in [2.75, 3.05) is 0 Å². The molecule has 1 rings (SSSR count). The van der Waals surface area contributed by atoms with Crippen LogP contribution in [-0.2, 0) is 4.43 Å². The van der Waals surface area contributed by atoms with E-state index in [0.717, 1.165) is 12.8 Å². The smallest absolute Gasteiger partial charge is 0.390 e. The lowest BCUT2D eigenvalue weighted by atomic mass is 10.0. The summed E-state index contributed by atoms with van der Waals surface area (Å²) in [5.74, 6) is 0.390. The van der Waals surface area contributed by atoms with Gasteiger partial charge in [-0.05, 0) is 18.8 Å². The van der Waals surface area contributed by atoms with Crippen molar-refractivity contribution in [2.45, 2.75) is 38.8 Å². The van der Waals surface area contributed by atoms with Crippen LogP contribution in [0.5, 0.6) is 0 Å². The van der Waals surface area contributed by atoms with Crippen molar-refractivity contribution >= 4 is 8.80 Å². The van der Waals surface area contributed by atoms with Crippen molar-refractivity contribution in [3.05, 3.63) is 0 Å². The number of hydrogen-bond acceptors (Lipinski definition) is 3. The maximum Gasteiger partial charge on any atom is 0.495 e. The molecule has 1 unspecified atom stereocenters. The van der Waals surface area contributed by atoms with Crippen molar-refractivity contribution < 1.29 is 14.0 Å². The average molecular weight is 176 g/mol. The number of hydrogen-bond donors (Lipinski definition) is 2. The van der Waals surface area contributed by atoms with Crippen LogP contribution in [0.25, 0.3) is 0 Å². The van der Waals surface area contributed by atoms with Crippen LogP contribution in [0.4, 0.5) is 0 Å². The van der Waals surface area contributed by atoms with Gasteiger partial charge in [-0.3, -0.25) is 0 Å². The summed E-state index contributed by atoms with van der Waals surface area (Å²) in [5, 5.41) is 0.